The number of nitrogens with one attached hydrogen (secondary N) is 1. The molecular formula is C23H21FN6O4. The van der Waals surface area contributed by atoms with E-state index < -0.39 is 23.9 Å². The van der Waals surface area contributed by atoms with Crippen LogP contribution in [0.5, 0.6) is 5.88 Å². The first-order valence-electron chi connectivity index (χ1n) is 10.6. The van der Waals surface area contributed by atoms with Crippen LogP contribution in [0.4, 0.5) is 26.4 Å². The van der Waals surface area contributed by atoms with Crippen molar-refractivity contribution in [3.63, 3.8) is 0 Å². The van der Waals surface area contributed by atoms with Gasteiger partial charge in [-0.2, -0.15) is 5.26 Å². The molecule has 0 aliphatic carbocycles. The van der Waals surface area contributed by atoms with E-state index in [4.69, 9.17) is 15.2 Å². The highest BCUT2D eigenvalue weighted by molar-refractivity contribution is 5.99. The number of rotatable bonds is 3. The highest BCUT2D eigenvalue weighted by atomic mass is 19.1. The maximum Gasteiger partial charge on any atom is 0.413 e. The van der Waals surface area contributed by atoms with Crippen LogP contribution >= 0.6 is 0 Å². The van der Waals surface area contributed by atoms with Gasteiger partial charge in [0.1, 0.15) is 18.1 Å². The zero-order chi connectivity index (χ0) is 24.0. The van der Waals surface area contributed by atoms with Gasteiger partial charge in [-0.05, 0) is 30.0 Å². The number of pyridine rings is 2. The van der Waals surface area contributed by atoms with E-state index in [1.165, 1.54) is 18.5 Å². The van der Waals surface area contributed by atoms with Crippen LogP contribution in [0.15, 0.2) is 24.5 Å². The predicted octanol–water partition coefficient (Wildman–Crippen LogP) is 3.15. The highest BCUT2D eigenvalue weighted by Gasteiger charge is 2.37. The number of nitrogen functional groups attached to an aromatic ring is 1. The Bertz CT molecular complexity index is 1360. The number of carboxylic acid groups (broad SMARTS) is 1. The van der Waals surface area contributed by atoms with Gasteiger partial charge < -0.3 is 25.6 Å². The Morgan fingerprint density at radius 1 is 1.32 bits per heavy atom. The van der Waals surface area contributed by atoms with E-state index in [9.17, 15) is 15.2 Å². The molecule has 4 heterocycles. The normalized spacial score (nSPS) is 19.1. The first-order valence-corrected chi connectivity index (χ1v) is 10.6. The van der Waals surface area contributed by atoms with E-state index in [-0.39, 0.29) is 30.3 Å². The van der Waals surface area contributed by atoms with Gasteiger partial charge in [-0.1, -0.05) is 0 Å². The standard InChI is InChI=1S/C23H21FN6O4/c1-11-15(7-29-22-21(11)27-2-3-34-22)14-4-12-5-18(28-8-16(12)20(26)19(14)24)30(23(31)32)17-10-33-9-13(17)6-25/h4-5,7-8,13,17,27H,2-3,9-10,26H2,1H3,(H,31,32)/t13-,17+/m0/s1. The lowest BCUT2D eigenvalue weighted by atomic mass is 9.97. The molecule has 0 radical (unpaired) electrons. The van der Waals surface area contributed by atoms with Crippen molar-refractivity contribution < 1.29 is 23.8 Å². The maximum absolute atomic E-state index is 15.4. The number of fused-ring (bicyclic) bond motifs is 2. The van der Waals surface area contributed by atoms with E-state index in [1.54, 1.807) is 6.07 Å². The van der Waals surface area contributed by atoms with Crippen molar-refractivity contribution in [1.29, 1.82) is 5.26 Å². The summed E-state index contributed by atoms with van der Waals surface area (Å²) in [4.78, 5) is 21.6. The van der Waals surface area contributed by atoms with Crippen LogP contribution in [-0.4, -0.2) is 53.6 Å². The minimum absolute atomic E-state index is 0.0795. The molecule has 1 saturated heterocycles. The molecule has 2 aliphatic heterocycles. The summed E-state index contributed by atoms with van der Waals surface area (Å²) in [5.41, 5.74) is 8.23. The number of amides is 1. The van der Waals surface area contributed by atoms with Crippen LogP contribution < -0.4 is 20.7 Å². The van der Waals surface area contributed by atoms with Gasteiger partial charge in [0.25, 0.3) is 0 Å². The third kappa shape index (κ3) is 3.39. The number of halogens is 1. The number of benzene rings is 1. The molecule has 2 atom stereocenters. The molecule has 34 heavy (non-hydrogen) atoms. The Morgan fingerprint density at radius 2 is 2.15 bits per heavy atom. The Hall–Kier alpha value is -4.17. The van der Waals surface area contributed by atoms with Crippen molar-refractivity contribution in [2.24, 2.45) is 5.92 Å². The Balaban J connectivity index is 1.65. The Labute approximate surface area is 193 Å². The molecule has 1 aromatic carbocycles. The minimum atomic E-state index is -1.27. The molecule has 1 fully saturated rings. The third-order valence-corrected chi connectivity index (χ3v) is 6.22. The van der Waals surface area contributed by atoms with Crippen LogP contribution in [0.3, 0.4) is 0 Å². The lowest BCUT2D eigenvalue weighted by Gasteiger charge is -2.26. The summed E-state index contributed by atoms with van der Waals surface area (Å²) >= 11 is 0. The van der Waals surface area contributed by atoms with Gasteiger partial charge in [-0.25, -0.2) is 19.2 Å². The molecule has 11 heteroatoms. The van der Waals surface area contributed by atoms with Crippen LogP contribution in [0, 0.1) is 30.0 Å². The molecule has 2 aliphatic rings. The van der Waals surface area contributed by atoms with Gasteiger partial charge >= 0.3 is 6.09 Å². The first-order chi connectivity index (χ1) is 16.4. The van der Waals surface area contributed by atoms with Crippen LogP contribution in [0.2, 0.25) is 0 Å². The SMILES string of the molecule is Cc1c(-c2cc3cc(N(C(=O)O)[C@@H]4COC[C@@H]4C#N)ncc3c(N)c2F)cnc2c1NCCO2. The van der Waals surface area contributed by atoms with Crippen molar-refractivity contribution in [2.45, 2.75) is 13.0 Å². The van der Waals surface area contributed by atoms with E-state index in [1.807, 2.05) is 6.92 Å². The zero-order valence-electron chi connectivity index (χ0n) is 18.2. The molecule has 0 bridgehead atoms. The summed E-state index contributed by atoms with van der Waals surface area (Å²) < 4.78 is 26.2. The molecular weight excluding hydrogens is 443 g/mol. The third-order valence-electron chi connectivity index (χ3n) is 6.22. The number of hydrogen-bond donors (Lipinski definition) is 3. The fraction of sp³-hybridized carbons (Fsp3) is 0.304. The average molecular weight is 464 g/mol. The number of nitriles is 1. The Kier molecular flexibility index (Phi) is 5.30. The van der Waals surface area contributed by atoms with Gasteiger partial charge in [-0.3, -0.25) is 4.90 Å². The maximum atomic E-state index is 15.4. The van der Waals surface area contributed by atoms with E-state index in [0.717, 1.165) is 10.5 Å². The monoisotopic (exact) mass is 464 g/mol. The molecule has 0 unspecified atom stereocenters. The number of nitrogens with two attached hydrogens (primary N) is 1. The molecule has 0 spiro atoms. The number of ether oxygens (including phenoxy) is 2. The summed E-state index contributed by atoms with van der Waals surface area (Å²) in [6.07, 6.45) is 1.61. The van der Waals surface area contributed by atoms with Crippen LogP contribution in [0.1, 0.15) is 5.56 Å². The van der Waals surface area contributed by atoms with Gasteiger partial charge in [0.15, 0.2) is 5.82 Å². The molecule has 3 aromatic rings. The van der Waals surface area contributed by atoms with Gasteiger partial charge in [0.05, 0.1) is 36.9 Å². The second kappa shape index (κ2) is 8.31. The van der Waals surface area contributed by atoms with Crippen molar-refractivity contribution in [1.82, 2.24) is 9.97 Å². The topological polar surface area (TPSA) is 147 Å². The molecule has 4 N–H and O–H groups in total. The predicted molar refractivity (Wildman–Crippen MR) is 122 cm³/mol. The molecule has 2 aromatic heterocycles. The summed E-state index contributed by atoms with van der Waals surface area (Å²) in [6, 6.07) is 4.50. The van der Waals surface area contributed by atoms with Gasteiger partial charge in [0.2, 0.25) is 5.88 Å². The molecule has 0 saturated carbocycles. The highest BCUT2D eigenvalue weighted by Crippen LogP contribution is 2.40. The second-order valence-electron chi connectivity index (χ2n) is 8.16. The summed E-state index contributed by atoms with van der Waals surface area (Å²) in [6.45, 7) is 3.16. The Morgan fingerprint density at radius 3 is 2.91 bits per heavy atom. The van der Waals surface area contributed by atoms with Crippen molar-refractivity contribution >= 4 is 34.1 Å². The lowest BCUT2D eigenvalue weighted by molar-refractivity contribution is 0.182. The fourth-order valence-corrected chi connectivity index (χ4v) is 4.44. The average Bonchev–Trinajstić information content (AvgIpc) is 3.30. The van der Waals surface area contributed by atoms with Crippen LogP contribution in [-0.2, 0) is 4.74 Å². The van der Waals surface area contributed by atoms with Crippen molar-refractivity contribution in [2.75, 3.05) is 42.3 Å². The minimum Gasteiger partial charge on any atom is -0.474 e. The number of anilines is 3. The molecule has 1 amide bonds. The van der Waals surface area contributed by atoms with Crippen LogP contribution in [0.25, 0.3) is 21.9 Å². The van der Waals surface area contributed by atoms with Crippen molar-refractivity contribution in [3.05, 3.63) is 35.9 Å². The molecule has 5 rings (SSSR count). The number of carbonyl (C=O) groups is 1. The van der Waals surface area contributed by atoms with E-state index in [0.29, 0.717) is 41.1 Å². The molecule has 10 nitrogen and oxygen atoms in total. The zero-order valence-corrected chi connectivity index (χ0v) is 18.2. The number of hydrogen-bond acceptors (Lipinski definition) is 8. The summed E-state index contributed by atoms with van der Waals surface area (Å²) in [5, 5.41) is 23.3. The summed E-state index contributed by atoms with van der Waals surface area (Å²) in [7, 11) is 0. The van der Waals surface area contributed by atoms with E-state index in [2.05, 4.69) is 21.4 Å². The summed E-state index contributed by atoms with van der Waals surface area (Å²) in [5.74, 6) is -0.687. The van der Waals surface area contributed by atoms with Gasteiger partial charge in [0, 0.05) is 35.5 Å². The smallest absolute Gasteiger partial charge is 0.413 e. The van der Waals surface area contributed by atoms with E-state index >= 15 is 4.39 Å². The van der Waals surface area contributed by atoms with Crippen molar-refractivity contribution in [3.8, 4) is 23.1 Å². The molecule has 174 valence electrons. The number of nitrogens with zero attached hydrogens (tertiary/aromatic N) is 4. The largest absolute Gasteiger partial charge is 0.474 e. The lowest BCUT2D eigenvalue weighted by Crippen LogP contribution is -2.44. The second-order valence-corrected chi connectivity index (χ2v) is 8.16. The van der Waals surface area contributed by atoms with Gasteiger partial charge in [-0.15, -0.1) is 0 Å². The quantitative estimate of drug-likeness (QED) is 0.497. The number of aromatic nitrogens is 2. The fourth-order valence-electron chi connectivity index (χ4n) is 4.44. The first kappa shape index (κ1) is 21.7.